The molecule has 1 heterocycles. The van der Waals surface area contributed by atoms with Crippen LogP contribution in [0.15, 0.2) is 24.3 Å². The Labute approximate surface area is 109 Å². The number of fused-ring (bicyclic) bond motifs is 1. The number of aromatic nitrogens is 1. The molecule has 0 saturated heterocycles. The van der Waals surface area contributed by atoms with E-state index in [2.05, 4.69) is 16.4 Å². The van der Waals surface area contributed by atoms with Crippen molar-refractivity contribution >= 4 is 38.4 Å². The van der Waals surface area contributed by atoms with Gasteiger partial charge in [-0.3, -0.25) is 0 Å². The fraction of sp³-hybridized carbons (Fsp3) is 0.417. The lowest BCUT2D eigenvalue weighted by Crippen LogP contribution is -2.04. The van der Waals surface area contributed by atoms with Crippen LogP contribution in [0.1, 0.15) is 6.42 Å². The molecule has 0 atom stereocenters. The van der Waals surface area contributed by atoms with Gasteiger partial charge in [0.1, 0.15) is 0 Å². The molecule has 2 N–H and O–H groups in total. The van der Waals surface area contributed by atoms with Crippen LogP contribution in [0.5, 0.6) is 0 Å². The largest absolute Gasteiger partial charge is 0.396 e. The third kappa shape index (κ3) is 3.87. The number of thioether (sulfide) groups is 1. The zero-order valence-electron chi connectivity index (χ0n) is 9.56. The summed E-state index contributed by atoms with van der Waals surface area (Å²) >= 11 is 3.55. The quantitative estimate of drug-likeness (QED) is 0.758. The van der Waals surface area contributed by atoms with Crippen molar-refractivity contribution in [3.05, 3.63) is 24.3 Å². The van der Waals surface area contributed by atoms with Gasteiger partial charge in [0.25, 0.3) is 0 Å². The average molecular weight is 268 g/mol. The van der Waals surface area contributed by atoms with Gasteiger partial charge in [0.15, 0.2) is 5.13 Å². The lowest BCUT2D eigenvalue weighted by atomic mass is 10.3. The highest BCUT2D eigenvalue weighted by atomic mass is 32.2. The van der Waals surface area contributed by atoms with Crippen molar-refractivity contribution in [2.24, 2.45) is 0 Å². The molecule has 0 amide bonds. The van der Waals surface area contributed by atoms with Crippen molar-refractivity contribution in [2.75, 3.05) is 30.0 Å². The first-order valence-electron chi connectivity index (χ1n) is 5.68. The molecule has 17 heavy (non-hydrogen) atoms. The number of benzene rings is 1. The van der Waals surface area contributed by atoms with Crippen LogP contribution in [-0.4, -0.2) is 34.7 Å². The number of anilines is 1. The molecule has 2 rings (SSSR count). The number of aliphatic hydroxyl groups excluding tert-OH is 1. The van der Waals surface area contributed by atoms with Gasteiger partial charge in [0.05, 0.1) is 10.2 Å². The van der Waals surface area contributed by atoms with Gasteiger partial charge in [-0.05, 0) is 24.3 Å². The van der Waals surface area contributed by atoms with Gasteiger partial charge in [-0.25, -0.2) is 4.98 Å². The molecule has 0 saturated carbocycles. The molecule has 0 aliphatic heterocycles. The number of hydrogen-bond donors (Lipinski definition) is 2. The van der Waals surface area contributed by atoms with Crippen molar-refractivity contribution < 1.29 is 5.11 Å². The normalized spacial score (nSPS) is 10.9. The van der Waals surface area contributed by atoms with Gasteiger partial charge in [-0.1, -0.05) is 23.5 Å². The Morgan fingerprint density at radius 2 is 2.18 bits per heavy atom. The smallest absolute Gasteiger partial charge is 0.183 e. The van der Waals surface area contributed by atoms with Gasteiger partial charge >= 0.3 is 0 Å². The summed E-state index contributed by atoms with van der Waals surface area (Å²) in [6.07, 6.45) is 0.881. The van der Waals surface area contributed by atoms with E-state index in [4.69, 9.17) is 5.11 Å². The standard InChI is InChI=1S/C12H16N2OS2/c15-7-3-8-16-9-6-13-12-14-10-4-1-2-5-11(10)17-12/h1-2,4-5,15H,3,6-9H2,(H,13,14). The highest BCUT2D eigenvalue weighted by Gasteiger charge is 2.01. The van der Waals surface area contributed by atoms with Crippen LogP contribution in [0.2, 0.25) is 0 Å². The van der Waals surface area contributed by atoms with Gasteiger partial charge in [0, 0.05) is 18.9 Å². The zero-order valence-corrected chi connectivity index (χ0v) is 11.2. The minimum absolute atomic E-state index is 0.290. The lowest BCUT2D eigenvalue weighted by molar-refractivity contribution is 0.296. The lowest BCUT2D eigenvalue weighted by Gasteiger charge is -2.01. The monoisotopic (exact) mass is 268 g/mol. The van der Waals surface area contributed by atoms with E-state index in [1.807, 2.05) is 30.0 Å². The maximum Gasteiger partial charge on any atom is 0.183 e. The Hall–Kier alpha value is -0.780. The number of thiazole rings is 1. The van der Waals surface area contributed by atoms with Crippen molar-refractivity contribution in [3.63, 3.8) is 0 Å². The molecule has 92 valence electrons. The van der Waals surface area contributed by atoms with Gasteiger partial charge in [-0.15, -0.1) is 0 Å². The first kappa shape index (κ1) is 12.7. The van der Waals surface area contributed by atoms with Gasteiger partial charge in [-0.2, -0.15) is 11.8 Å². The first-order valence-corrected chi connectivity index (χ1v) is 7.65. The van der Waals surface area contributed by atoms with Crippen LogP contribution in [0.4, 0.5) is 5.13 Å². The van der Waals surface area contributed by atoms with Gasteiger partial charge < -0.3 is 10.4 Å². The van der Waals surface area contributed by atoms with Crippen LogP contribution in [0.25, 0.3) is 10.2 Å². The number of nitrogens with zero attached hydrogens (tertiary/aromatic N) is 1. The van der Waals surface area contributed by atoms with Crippen LogP contribution < -0.4 is 5.32 Å². The summed E-state index contributed by atoms with van der Waals surface area (Å²) < 4.78 is 1.22. The molecule has 3 nitrogen and oxygen atoms in total. The summed E-state index contributed by atoms with van der Waals surface area (Å²) in [6, 6.07) is 8.17. The molecular formula is C12H16N2OS2. The number of para-hydroxylation sites is 1. The van der Waals surface area contributed by atoms with E-state index in [0.29, 0.717) is 0 Å². The van der Waals surface area contributed by atoms with E-state index in [9.17, 15) is 0 Å². The molecule has 1 aromatic carbocycles. The predicted molar refractivity (Wildman–Crippen MR) is 77.1 cm³/mol. The molecular weight excluding hydrogens is 252 g/mol. The summed E-state index contributed by atoms with van der Waals surface area (Å²) in [5.41, 5.74) is 1.06. The maximum atomic E-state index is 8.64. The summed E-state index contributed by atoms with van der Waals surface area (Å²) in [7, 11) is 0. The number of aliphatic hydroxyl groups is 1. The molecule has 0 unspecified atom stereocenters. The van der Waals surface area contributed by atoms with Crippen molar-refractivity contribution in [1.29, 1.82) is 0 Å². The summed E-state index contributed by atoms with van der Waals surface area (Å²) in [6.45, 7) is 1.22. The number of rotatable bonds is 7. The average Bonchev–Trinajstić information content (AvgIpc) is 2.76. The minimum atomic E-state index is 0.290. The van der Waals surface area contributed by atoms with Crippen LogP contribution >= 0.6 is 23.1 Å². The Morgan fingerprint density at radius 1 is 1.29 bits per heavy atom. The number of hydrogen-bond acceptors (Lipinski definition) is 5. The van der Waals surface area contributed by atoms with Gasteiger partial charge in [0.2, 0.25) is 0 Å². The second-order valence-electron chi connectivity index (χ2n) is 3.60. The minimum Gasteiger partial charge on any atom is -0.396 e. The molecule has 0 aliphatic carbocycles. The second-order valence-corrected chi connectivity index (χ2v) is 5.86. The third-order valence-electron chi connectivity index (χ3n) is 2.26. The van der Waals surface area contributed by atoms with Crippen molar-refractivity contribution in [3.8, 4) is 0 Å². The fourth-order valence-corrected chi connectivity index (χ4v) is 3.12. The molecule has 0 spiro atoms. The SMILES string of the molecule is OCCCSCCNc1nc2ccccc2s1. The Balaban J connectivity index is 1.75. The highest BCUT2D eigenvalue weighted by molar-refractivity contribution is 7.99. The molecule has 1 aromatic heterocycles. The van der Waals surface area contributed by atoms with Crippen LogP contribution in [0, 0.1) is 0 Å². The third-order valence-corrected chi connectivity index (χ3v) is 4.33. The molecule has 0 aliphatic rings. The van der Waals surface area contributed by atoms with Crippen LogP contribution in [0.3, 0.4) is 0 Å². The molecule has 0 fully saturated rings. The van der Waals surface area contributed by atoms with E-state index in [-0.39, 0.29) is 6.61 Å². The van der Waals surface area contributed by atoms with E-state index < -0.39 is 0 Å². The Morgan fingerprint density at radius 3 is 3.00 bits per heavy atom. The molecule has 5 heteroatoms. The Kier molecular flexibility index (Phi) is 5.09. The Bertz CT molecular complexity index is 425. The summed E-state index contributed by atoms with van der Waals surface area (Å²) in [5, 5.41) is 13.0. The molecule has 0 bridgehead atoms. The predicted octanol–water partition coefficient (Wildman–Crippen LogP) is 2.82. The maximum absolute atomic E-state index is 8.64. The topological polar surface area (TPSA) is 45.1 Å². The first-order chi connectivity index (χ1) is 8.40. The molecule has 0 radical (unpaired) electrons. The van der Waals surface area contributed by atoms with Crippen LogP contribution in [-0.2, 0) is 0 Å². The van der Waals surface area contributed by atoms with Crippen molar-refractivity contribution in [1.82, 2.24) is 4.98 Å². The van der Waals surface area contributed by atoms with E-state index in [0.717, 1.165) is 35.1 Å². The van der Waals surface area contributed by atoms with E-state index >= 15 is 0 Å². The van der Waals surface area contributed by atoms with E-state index in [1.165, 1.54) is 4.70 Å². The summed E-state index contributed by atoms with van der Waals surface area (Å²) in [5.74, 6) is 2.08. The fourth-order valence-electron chi connectivity index (χ4n) is 1.45. The van der Waals surface area contributed by atoms with E-state index in [1.54, 1.807) is 11.3 Å². The highest BCUT2D eigenvalue weighted by Crippen LogP contribution is 2.25. The molecule has 2 aromatic rings. The number of nitrogens with one attached hydrogen (secondary N) is 1. The zero-order chi connectivity index (χ0) is 11.9. The summed E-state index contributed by atoms with van der Waals surface area (Å²) in [4.78, 5) is 4.50. The van der Waals surface area contributed by atoms with Crippen molar-refractivity contribution in [2.45, 2.75) is 6.42 Å². The second kappa shape index (κ2) is 6.83.